The Bertz CT molecular complexity index is 1050. The normalized spacial score (nSPS) is 49.1. The minimum atomic E-state index is -2.01. The lowest BCUT2D eigenvalue weighted by Crippen LogP contribution is -2.53. The third kappa shape index (κ3) is 4.72. The van der Waals surface area contributed by atoms with E-state index in [0.29, 0.717) is 48.3 Å². The molecule has 5 N–H and O–H groups in total. The molecule has 3 saturated carbocycles. The maximum atomic E-state index is 12.6. The molecule has 5 fully saturated rings. The third-order valence-corrected chi connectivity index (χ3v) is 13.1. The van der Waals surface area contributed by atoms with E-state index >= 15 is 0 Å². The number of aliphatic hydroxyl groups excluding tert-OH is 5. The smallest absolute Gasteiger partial charge is 0.338 e. The monoisotopic (exact) mass is 592 g/mol. The summed E-state index contributed by atoms with van der Waals surface area (Å²) < 4.78 is 19.0. The molecule has 2 aliphatic heterocycles. The van der Waals surface area contributed by atoms with E-state index in [1.807, 2.05) is 0 Å². The van der Waals surface area contributed by atoms with Crippen molar-refractivity contribution < 1.29 is 44.5 Å². The molecule has 4 aliphatic carbocycles. The van der Waals surface area contributed by atoms with Gasteiger partial charge in [-0.3, -0.25) is 0 Å². The minimum Gasteiger partial charge on any atom is -0.460 e. The van der Waals surface area contributed by atoms with Crippen LogP contribution in [-0.2, 0) is 19.0 Å². The lowest BCUT2D eigenvalue weighted by atomic mass is 9.47. The van der Waals surface area contributed by atoms with E-state index < -0.39 is 48.9 Å². The van der Waals surface area contributed by atoms with Gasteiger partial charge in [-0.15, -0.1) is 0 Å². The molecule has 2 saturated heterocycles. The van der Waals surface area contributed by atoms with Gasteiger partial charge in [-0.2, -0.15) is 0 Å². The fraction of sp³-hybridized carbons (Fsp3) is 0.909. The van der Waals surface area contributed by atoms with Crippen molar-refractivity contribution in [3.05, 3.63) is 11.6 Å². The number of hydrogen-bond acceptors (Lipinski definition) is 9. The minimum absolute atomic E-state index is 0.0424. The molecule has 9 nitrogen and oxygen atoms in total. The molecule has 15 atom stereocenters. The van der Waals surface area contributed by atoms with Gasteiger partial charge in [-0.05, 0) is 85.4 Å². The highest BCUT2D eigenvalue weighted by molar-refractivity contribution is 5.75. The number of rotatable bonds is 6. The second kappa shape index (κ2) is 11.1. The lowest BCUT2D eigenvalue weighted by molar-refractivity contribution is -0.272. The largest absolute Gasteiger partial charge is 0.460 e. The van der Waals surface area contributed by atoms with Crippen molar-refractivity contribution in [1.29, 1.82) is 0 Å². The quantitative estimate of drug-likeness (QED) is 0.232. The van der Waals surface area contributed by atoms with Crippen LogP contribution in [0.3, 0.4) is 0 Å². The first-order chi connectivity index (χ1) is 19.8. The summed E-state index contributed by atoms with van der Waals surface area (Å²) >= 11 is 0. The number of hydrogen-bond donors (Lipinski definition) is 5. The summed E-state index contributed by atoms with van der Waals surface area (Å²) in [5.74, 6) is 1.92. The van der Waals surface area contributed by atoms with E-state index in [-0.39, 0.29) is 16.9 Å². The molecule has 42 heavy (non-hydrogen) atoms. The van der Waals surface area contributed by atoms with Gasteiger partial charge in [0.15, 0.2) is 11.9 Å². The van der Waals surface area contributed by atoms with Crippen molar-refractivity contribution in [3.63, 3.8) is 0 Å². The average molecular weight is 593 g/mol. The molecule has 238 valence electrons. The van der Waals surface area contributed by atoms with Gasteiger partial charge in [0.2, 0.25) is 0 Å². The Kier molecular flexibility index (Phi) is 8.16. The van der Waals surface area contributed by atoms with Crippen molar-refractivity contribution in [1.82, 2.24) is 0 Å². The fourth-order valence-corrected chi connectivity index (χ4v) is 10.6. The third-order valence-electron chi connectivity index (χ3n) is 13.1. The number of ether oxygens (including phenoxy) is 3. The second-order valence-corrected chi connectivity index (χ2v) is 15.3. The van der Waals surface area contributed by atoms with Crippen LogP contribution in [0.1, 0.15) is 85.5 Å². The van der Waals surface area contributed by atoms with E-state index in [2.05, 4.69) is 33.8 Å². The zero-order valence-electron chi connectivity index (χ0n) is 25.7. The average Bonchev–Trinajstić information content (AvgIpc) is 3.42. The van der Waals surface area contributed by atoms with Crippen molar-refractivity contribution in [2.75, 3.05) is 13.2 Å². The maximum Gasteiger partial charge on any atom is 0.338 e. The van der Waals surface area contributed by atoms with E-state index in [9.17, 15) is 25.2 Å². The van der Waals surface area contributed by atoms with Gasteiger partial charge in [0.1, 0.15) is 24.4 Å². The SMILES string of the molecule is C[C@@H]1CC[C@]2(OC1)OC1CC3C4CC=C5CC(OC(=O)[C@H](O)[C@H](O)[C@H](O)[C@H](O)CO)CCC5(C)C4CCC3(C)C1[C@@H]2C. The summed E-state index contributed by atoms with van der Waals surface area (Å²) in [4.78, 5) is 12.6. The van der Waals surface area contributed by atoms with Crippen LogP contribution < -0.4 is 0 Å². The molecule has 0 aromatic heterocycles. The summed E-state index contributed by atoms with van der Waals surface area (Å²) in [5, 5.41) is 48.8. The number of carbonyl (C=O) groups is 1. The molecular weight excluding hydrogens is 540 g/mol. The van der Waals surface area contributed by atoms with Crippen LogP contribution in [0.15, 0.2) is 11.6 Å². The van der Waals surface area contributed by atoms with Crippen molar-refractivity contribution in [2.24, 2.45) is 46.3 Å². The molecule has 0 aromatic carbocycles. The zero-order valence-corrected chi connectivity index (χ0v) is 25.7. The van der Waals surface area contributed by atoms with Crippen LogP contribution in [0.4, 0.5) is 0 Å². The number of aliphatic hydroxyl groups is 5. The summed E-state index contributed by atoms with van der Waals surface area (Å²) in [6.07, 6.45) is 3.60. The Hall–Kier alpha value is -1.07. The number of esters is 1. The van der Waals surface area contributed by atoms with E-state index in [4.69, 9.17) is 19.3 Å². The molecule has 1 spiro atoms. The maximum absolute atomic E-state index is 12.6. The van der Waals surface area contributed by atoms with Gasteiger partial charge in [0, 0.05) is 18.8 Å². The fourth-order valence-electron chi connectivity index (χ4n) is 10.6. The highest BCUT2D eigenvalue weighted by Crippen LogP contribution is 2.70. The zero-order chi connectivity index (χ0) is 30.2. The molecule has 8 unspecified atom stereocenters. The Morgan fingerprint density at radius 2 is 1.81 bits per heavy atom. The van der Waals surface area contributed by atoms with Gasteiger partial charge in [-0.25, -0.2) is 4.79 Å². The van der Waals surface area contributed by atoms with Gasteiger partial charge >= 0.3 is 5.97 Å². The Morgan fingerprint density at radius 3 is 2.50 bits per heavy atom. The van der Waals surface area contributed by atoms with Gasteiger partial charge < -0.3 is 39.7 Å². The Morgan fingerprint density at radius 1 is 1.05 bits per heavy atom. The molecule has 6 rings (SSSR count). The van der Waals surface area contributed by atoms with Gasteiger partial charge in [0.25, 0.3) is 0 Å². The number of allylic oxidation sites excluding steroid dienone is 1. The first kappa shape index (κ1) is 30.9. The van der Waals surface area contributed by atoms with Gasteiger partial charge in [0.05, 0.1) is 19.3 Å². The van der Waals surface area contributed by atoms with E-state index in [1.54, 1.807) is 0 Å². The summed E-state index contributed by atoms with van der Waals surface area (Å²) in [6, 6.07) is 0. The molecule has 2 heterocycles. The number of carbonyl (C=O) groups excluding carboxylic acids is 1. The first-order valence-electron chi connectivity index (χ1n) is 16.4. The molecule has 0 aromatic rings. The van der Waals surface area contributed by atoms with Gasteiger partial charge in [-0.1, -0.05) is 39.3 Å². The first-order valence-corrected chi connectivity index (χ1v) is 16.4. The summed E-state index contributed by atoms with van der Waals surface area (Å²) in [7, 11) is 0. The molecule has 6 aliphatic rings. The summed E-state index contributed by atoms with van der Waals surface area (Å²) in [5.41, 5.74) is 1.62. The molecule has 0 amide bonds. The van der Waals surface area contributed by atoms with Crippen molar-refractivity contribution in [3.8, 4) is 0 Å². The van der Waals surface area contributed by atoms with Crippen molar-refractivity contribution in [2.45, 2.75) is 128 Å². The van der Waals surface area contributed by atoms with Crippen LogP contribution in [0.25, 0.3) is 0 Å². The summed E-state index contributed by atoms with van der Waals surface area (Å²) in [6.45, 7) is 9.57. The van der Waals surface area contributed by atoms with E-state index in [1.165, 1.54) is 24.8 Å². The Labute approximate surface area is 249 Å². The van der Waals surface area contributed by atoms with Crippen LogP contribution in [-0.4, -0.2) is 87.1 Å². The number of fused-ring (bicyclic) bond motifs is 7. The Balaban J connectivity index is 1.12. The van der Waals surface area contributed by atoms with Crippen LogP contribution >= 0.6 is 0 Å². The predicted molar refractivity (Wildman–Crippen MR) is 153 cm³/mol. The topological polar surface area (TPSA) is 146 Å². The second-order valence-electron chi connectivity index (χ2n) is 15.3. The standard InChI is InChI=1S/C33H52O9/c1-17-7-12-33(40-16-17)18(2)26-25(42-33)14-23-21-6-5-19-13-20(8-10-31(19,3)22(21)9-11-32(23,26)4)41-30(39)29(38)28(37)27(36)24(35)15-34/h5,17-18,20-29,34-38H,6-16H2,1-4H3/t17-,18+,20?,21?,22?,23?,24-,25?,26?,27-,28-,29-,31?,32?,33+/m1/s1. The van der Waals surface area contributed by atoms with Crippen LogP contribution in [0.2, 0.25) is 0 Å². The van der Waals surface area contributed by atoms with Crippen molar-refractivity contribution >= 4 is 5.97 Å². The molecular formula is C33H52O9. The highest BCUT2D eigenvalue weighted by atomic mass is 16.7. The molecule has 0 bridgehead atoms. The lowest BCUT2D eigenvalue weighted by Gasteiger charge is -2.58. The molecule has 9 heteroatoms. The predicted octanol–water partition coefficient (Wildman–Crippen LogP) is 2.70. The van der Waals surface area contributed by atoms with E-state index in [0.717, 1.165) is 32.3 Å². The van der Waals surface area contributed by atoms with Crippen LogP contribution in [0, 0.1) is 46.3 Å². The molecule has 0 radical (unpaired) electrons. The van der Waals surface area contributed by atoms with Crippen LogP contribution in [0.5, 0.6) is 0 Å². The highest BCUT2D eigenvalue weighted by Gasteiger charge is 2.68.